The van der Waals surface area contributed by atoms with Crippen LogP contribution in [0.5, 0.6) is 0 Å². The quantitative estimate of drug-likeness (QED) is 0.408. The van der Waals surface area contributed by atoms with Gasteiger partial charge in [0.15, 0.2) is 5.96 Å². The zero-order chi connectivity index (χ0) is 15.1. The first-order valence-corrected chi connectivity index (χ1v) is 7.93. The van der Waals surface area contributed by atoms with Crippen molar-refractivity contribution >= 4 is 29.9 Å². The number of nitrogens with zero attached hydrogens (tertiary/aromatic N) is 2. The molecule has 1 aromatic carbocycles. The second kappa shape index (κ2) is 10.0. The first-order chi connectivity index (χ1) is 10.1. The molecule has 0 amide bonds. The van der Waals surface area contributed by atoms with Gasteiger partial charge in [-0.1, -0.05) is 36.8 Å². The number of hydrogen-bond donors (Lipinski definition) is 2. The second-order valence-corrected chi connectivity index (χ2v) is 6.15. The molecule has 2 rings (SSSR count). The highest BCUT2D eigenvalue weighted by atomic mass is 127. The van der Waals surface area contributed by atoms with Gasteiger partial charge in [-0.05, 0) is 38.3 Å². The maximum atomic E-state index is 5.92. The van der Waals surface area contributed by atoms with Gasteiger partial charge in [0.2, 0.25) is 0 Å². The van der Waals surface area contributed by atoms with E-state index >= 15 is 0 Å². The third kappa shape index (κ3) is 6.52. The Morgan fingerprint density at radius 3 is 2.64 bits per heavy atom. The molecule has 22 heavy (non-hydrogen) atoms. The summed E-state index contributed by atoms with van der Waals surface area (Å²) in [5.41, 5.74) is 7.25. The zero-order valence-electron chi connectivity index (χ0n) is 13.7. The average Bonchev–Trinajstić information content (AvgIpc) is 2.44. The summed E-state index contributed by atoms with van der Waals surface area (Å²) in [5.74, 6) is 1.39. The molecular formula is C17H29IN4. The Labute approximate surface area is 151 Å². The summed E-state index contributed by atoms with van der Waals surface area (Å²) in [7, 11) is 2.13. The monoisotopic (exact) mass is 416 g/mol. The topological polar surface area (TPSA) is 53.6 Å². The number of rotatable bonds is 7. The number of nitrogens with two attached hydrogens (primary N) is 1. The van der Waals surface area contributed by atoms with E-state index in [9.17, 15) is 0 Å². The fourth-order valence-corrected chi connectivity index (χ4v) is 2.40. The van der Waals surface area contributed by atoms with Crippen LogP contribution in [0.4, 0.5) is 0 Å². The van der Waals surface area contributed by atoms with Crippen molar-refractivity contribution in [1.82, 2.24) is 10.2 Å². The van der Waals surface area contributed by atoms with Crippen LogP contribution in [0.2, 0.25) is 0 Å². The number of halogens is 1. The summed E-state index contributed by atoms with van der Waals surface area (Å²) in [5, 5.41) is 3.24. The van der Waals surface area contributed by atoms with Crippen LogP contribution in [0, 0.1) is 5.92 Å². The molecule has 0 saturated heterocycles. The number of aliphatic imine (C=N–C) groups is 1. The molecule has 3 N–H and O–H groups in total. The third-order valence-electron chi connectivity index (χ3n) is 4.35. The van der Waals surface area contributed by atoms with E-state index in [1.807, 2.05) is 6.07 Å². The standard InChI is InChI=1S/C17H28N4.HI/c1-14(21(2)13-16-7-4-3-5-8-16)11-19-17(18)20-12-15-9-6-10-15;/h3-5,7-8,14-15H,6,9-13H2,1-2H3,(H3,18,19,20);1H. The maximum absolute atomic E-state index is 5.92. The molecule has 1 saturated carbocycles. The summed E-state index contributed by atoms with van der Waals surface area (Å²) in [6.45, 7) is 4.83. The summed E-state index contributed by atoms with van der Waals surface area (Å²) >= 11 is 0. The molecule has 0 heterocycles. The lowest BCUT2D eigenvalue weighted by Gasteiger charge is -2.26. The molecule has 1 fully saturated rings. The Bertz CT molecular complexity index is 445. The molecule has 1 aliphatic rings. The minimum absolute atomic E-state index is 0. The highest BCUT2D eigenvalue weighted by Crippen LogP contribution is 2.24. The van der Waals surface area contributed by atoms with Gasteiger partial charge in [0.25, 0.3) is 0 Å². The van der Waals surface area contributed by atoms with Crippen molar-refractivity contribution in [2.45, 2.75) is 38.8 Å². The lowest BCUT2D eigenvalue weighted by Crippen LogP contribution is -2.38. The van der Waals surface area contributed by atoms with Gasteiger partial charge in [0, 0.05) is 19.1 Å². The fraction of sp³-hybridized carbons (Fsp3) is 0.588. The highest BCUT2D eigenvalue weighted by molar-refractivity contribution is 14.0. The highest BCUT2D eigenvalue weighted by Gasteiger charge is 2.17. The van der Waals surface area contributed by atoms with E-state index in [1.54, 1.807) is 0 Å². The largest absolute Gasteiger partial charge is 0.370 e. The van der Waals surface area contributed by atoms with Crippen LogP contribution in [-0.4, -0.2) is 37.0 Å². The van der Waals surface area contributed by atoms with Gasteiger partial charge in [-0.15, -0.1) is 24.0 Å². The molecular weight excluding hydrogens is 387 g/mol. The Hall–Kier alpha value is -0.820. The number of benzene rings is 1. The van der Waals surface area contributed by atoms with E-state index in [0.717, 1.165) is 25.6 Å². The molecule has 0 radical (unpaired) electrons. The lowest BCUT2D eigenvalue weighted by atomic mass is 9.85. The molecule has 1 atom stereocenters. The predicted molar refractivity (Wildman–Crippen MR) is 105 cm³/mol. The number of nitrogens with one attached hydrogen (secondary N) is 1. The molecule has 0 aromatic heterocycles. The van der Waals surface area contributed by atoms with Gasteiger partial charge in [-0.3, -0.25) is 9.89 Å². The van der Waals surface area contributed by atoms with E-state index in [1.165, 1.54) is 24.8 Å². The lowest BCUT2D eigenvalue weighted by molar-refractivity contribution is 0.255. The van der Waals surface area contributed by atoms with Gasteiger partial charge < -0.3 is 11.1 Å². The zero-order valence-corrected chi connectivity index (χ0v) is 16.0. The Kier molecular flexibility index (Phi) is 8.78. The van der Waals surface area contributed by atoms with E-state index in [0.29, 0.717) is 12.0 Å². The molecule has 1 unspecified atom stereocenters. The molecule has 1 aliphatic carbocycles. The van der Waals surface area contributed by atoms with Crippen molar-refractivity contribution in [3.63, 3.8) is 0 Å². The average molecular weight is 416 g/mol. The molecule has 0 spiro atoms. The van der Waals surface area contributed by atoms with E-state index in [4.69, 9.17) is 5.73 Å². The van der Waals surface area contributed by atoms with E-state index in [-0.39, 0.29) is 24.0 Å². The minimum atomic E-state index is 0. The van der Waals surface area contributed by atoms with Crippen LogP contribution in [-0.2, 0) is 6.54 Å². The number of likely N-dealkylation sites (N-methyl/N-ethyl adjacent to an activating group) is 1. The first-order valence-electron chi connectivity index (χ1n) is 7.93. The molecule has 5 heteroatoms. The smallest absolute Gasteiger partial charge is 0.188 e. The van der Waals surface area contributed by atoms with Crippen molar-refractivity contribution < 1.29 is 0 Å². The summed E-state index contributed by atoms with van der Waals surface area (Å²) in [6, 6.07) is 10.9. The summed E-state index contributed by atoms with van der Waals surface area (Å²) < 4.78 is 0. The van der Waals surface area contributed by atoms with Crippen molar-refractivity contribution in [2.75, 3.05) is 20.1 Å². The second-order valence-electron chi connectivity index (χ2n) is 6.15. The van der Waals surface area contributed by atoms with Gasteiger partial charge in [-0.2, -0.15) is 0 Å². The molecule has 0 bridgehead atoms. The van der Waals surface area contributed by atoms with Crippen LogP contribution in [0.1, 0.15) is 31.7 Å². The van der Waals surface area contributed by atoms with Crippen molar-refractivity contribution in [1.29, 1.82) is 0 Å². The Balaban J connectivity index is 0.00000242. The van der Waals surface area contributed by atoms with Crippen molar-refractivity contribution in [3.05, 3.63) is 35.9 Å². The Morgan fingerprint density at radius 2 is 2.05 bits per heavy atom. The third-order valence-corrected chi connectivity index (χ3v) is 4.35. The first kappa shape index (κ1) is 19.2. The SMILES string of the molecule is CC(CN=C(N)NCC1CCC1)N(C)Cc1ccccc1.I. The summed E-state index contributed by atoms with van der Waals surface area (Å²) in [6.07, 6.45) is 4.03. The normalized spacial score (nSPS) is 16.8. The molecule has 1 aromatic rings. The van der Waals surface area contributed by atoms with Gasteiger partial charge in [0.1, 0.15) is 0 Å². The number of guanidine groups is 1. The van der Waals surface area contributed by atoms with Gasteiger partial charge in [0.05, 0.1) is 6.54 Å². The van der Waals surface area contributed by atoms with Crippen LogP contribution in [0.25, 0.3) is 0 Å². The van der Waals surface area contributed by atoms with E-state index < -0.39 is 0 Å². The van der Waals surface area contributed by atoms with Crippen LogP contribution in [0.3, 0.4) is 0 Å². The van der Waals surface area contributed by atoms with E-state index in [2.05, 4.69) is 53.4 Å². The van der Waals surface area contributed by atoms with Crippen molar-refractivity contribution in [3.8, 4) is 0 Å². The maximum Gasteiger partial charge on any atom is 0.188 e. The van der Waals surface area contributed by atoms with Gasteiger partial charge >= 0.3 is 0 Å². The van der Waals surface area contributed by atoms with Crippen molar-refractivity contribution in [2.24, 2.45) is 16.6 Å². The number of hydrogen-bond acceptors (Lipinski definition) is 2. The fourth-order valence-electron chi connectivity index (χ4n) is 2.40. The van der Waals surface area contributed by atoms with Gasteiger partial charge in [-0.25, -0.2) is 0 Å². The van der Waals surface area contributed by atoms with Crippen LogP contribution >= 0.6 is 24.0 Å². The predicted octanol–water partition coefficient (Wildman–Crippen LogP) is 2.83. The molecule has 4 nitrogen and oxygen atoms in total. The minimum Gasteiger partial charge on any atom is -0.370 e. The van der Waals surface area contributed by atoms with Crippen LogP contribution < -0.4 is 11.1 Å². The molecule has 0 aliphatic heterocycles. The summed E-state index contributed by atoms with van der Waals surface area (Å²) in [4.78, 5) is 6.76. The molecule has 124 valence electrons. The van der Waals surface area contributed by atoms with Crippen LogP contribution in [0.15, 0.2) is 35.3 Å². The Morgan fingerprint density at radius 1 is 1.36 bits per heavy atom.